The average Bonchev–Trinajstić information content (AvgIpc) is 2.08. The van der Waals surface area contributed by atoms with Crippen molar-refractivity contribution in [1.29, 1.82) is 0 Å². The van der Waals surface area contributed by atoms with Gasteiger partial charge in [0.1, 0.15) is 5.17 Å². The Morgan fingerprint density at radius 3 is 2.50 bits per heavy atom. The molecule has 3 atom stereocenters. The molecule has 1 saturated carbocycles. The lowest BCUT2D eigenvalue weighted by Gasteiger charge is -2.30. The summed E-state index contributed by atoms with van der Waals surface area (Å²) in [5.41, 5.74) is 0. The van der Waals surface area contributed by atoms with Crippen molar-refractivity contribution >= 4 is 16.8 Å². The van der Waals surface area contributed by atoms with E-state index < -0.39 is 0 Å². The summed E-state index contributed by atoms with van der Waals surface area (Å²) in [6.07, 6.45) is 3.32. The molecule has 12 heavy (non-hydrogen) atoms. The van der Waals surface area contributed by atoms with Gasteiger partial charge in [-0.25, -0.2) is 0 Å². The van der Waals surface area contributed by atoms with Gasteiger partial charge in [0.05, 0.1) is 0 Å². The topological polar surface area (TPSA) is 32.6 Å². The minimum Gasteiger partial charge on any atom is -0.410 e. The predicted octanol–water partition coefficient (Wildman–Crippen LogP) is 3.09. The maximum absolute atomic E-state index is 8.50. The van der Waals surface area contributed by atoms with Gasteiger partial charge >= 0.3 is 0 Å². The lowest BCUT2D eigenvalue weighted by atomic mass is 9.76. The average molecular weight is 190 g/mol. The molecular weight excluding hydrogens is 174 g/mol. The van der Waals surface area contributed by atoms with Crippen LogP contribution >= 0.6 is 11.6 Å². The molecule has 0 aromatic rings. The van der Waals surface area contributed by atoms with Crippen LogP contribution in [0.2, 0.25) is 0 Å². The van der Waals surface area contributed by atoms with Gasteiger partial charge in [0.25, 0.3) is 0 Å². The molecule has 0 aromatic carbocycles. The van der Waals surface area contributed by atoms with Crippen LogP contribution in [0.1, 0.15) is 33.1 Å². The Labute approximate surface area is 78.6 Å². The minimum atomic E-state index is 0.294. The van der Waals surface area contributed by atoms with Crippen molar-refractivity contribution in [3.63, 3.8) is 0 Å². The molecule has 0 saturated heterocycles. The second kappa shape index (κ2) is 4.13. The van der Waals surface area contributed by atoms with Crippen LogP contribution in [0.15, 0.2) is 5.16 Å². The number of oxime groups is 1. The molecule has 0 radical (unpaired) electrons. The van der Waals surface area contributed by atoms with Crippen molar-refractivity contribution in [2.45, 2.75) is 33.1 Å². The summed E-state index contributed by atoms with van der Waals surface area (Å²) in [7, 11) is 0. The van der Waals surface area contributed by atoms with Gasteiger partial charge in [-0.15, -0.1) is 0 Å². The fourth-order valence-corrected chi connectivity index (χ4v) is 2.04. The SMILES string of the molecule is CC1CCC(/C(Cl)=N/O)CC1C. The van der Waals surface area contributed by atoms with Crippen molar-refractivity contribution in [2.75, 3.05) is 0 Å². The first kappa shape index (κ1) is 9.85. The first-order valence-corrected chi connectivity index (χ1v) is 4.90. The summed E-state index contributed by atoms with van der Waals surface area (Å²) in [6.45, 7) is 4.50. The zero-order valence-corrected chi connectivity index (χ0v) is 8.38. The Balaban J connectivity index is 2.51. The summed E-state index contributed by atoms with van der Waals surface area (Å²) in [6, 6.07) is 0. The van der Waals surface area contributed by atoms with Gasteiger partial charge in [-0.1, -0.05) is 30.6 Å². The lowest BCUT2D eigenvalue weighted by Crippen LogP contribution is -2.24. The molecule has 0 heterocycles. The van der Waals surface area contributed by atoms with Crippen LogP contribution in [0.25, 0.3) is 0 Å². The molecule has 1 aliphatic rings. The molecule has 0 aliphatic heterocycles. The van der Waals surface area contributed by atoms with Gasteiger partial charge in [-0.3, -0.25) is 0 Å². The predicted molar refractivity (Wildman–Crippen MR) is 50.7 cm³/mol. The minimum absolute atomic E-state index is 0.294. The van der Waals surface area contributed by atoms with Crippen molar-refractivity contribution in [3.8, 4) is 0 Å². The quantitative estimate of drug-likeness (QED) is 0.384. The molecule has 0 aromatic heterocycles. The third kappa shape index (κ3) is 2.13. The highest BCUT2D eigenvalue weighted by Crippen LogP contribution is 2.34. The summed E-state index contributed by atoms with van der Waals surface area (Å²) >= 11 is 5.76. The van der Waals surface area contributed by atoms with E-state index in [-0.39, 0.29) is 0 Å². The van der Waals surface area contributed by atoms with Crippen LogP contribution in [-0.2, 0) is 0 Å². The van der Waals surface area contributed by atoms with Gasteiger partial charge < -0.3 is 5.21 Å². The zero-order chi connectivity index (χ0) is 9.14. The summed E-state index contributed by atoms with van der Waals surface area (Å²) < 4.78 is 0. The van der Waals surface area contributed by atoms with Crippen molar-refractivity contribution in [3.05, 3.63) is 0 Å². The van der Waals surface area contributed by atoms with E-state index in [1.54, 1.807) is 0 Å². The van der Waals surface area contributed by atoms with E-state index in [9.17, 15) is 0 Å². The third-order valence-corrected chi connectivity index (χ3v) is 3.41. The first-order chi connectivity index (χ1) is 5.65. The second-order valence-corrected chi connectivity index (χ2v) is 4.27. The standard InChI is InChI=1S/C9H16ClNO/c1-6-3-4-8(5-7(6)2)9(10)11-12/h6-8,12H,3-5H2,1-2H3/b11-9-. The van der Waals surface area contributed by atoms with Crippen LogP contribution in [0.4, 0.5) is 0 Å². The van der Waals surface area contributed by atoms with Crippen LogP contribution in [0.5, 0.6) is 0 Å². The van der Waals surface area contributed by atoms with E-state index in [1.165, 1.54) is 6.42 Å². The molecule has 1 N–H and O–H groups in total. The van der Waals surface area contributed by atoms with Gasteiger partial charge in [0, 0.05) is 5.92 Å². The molecular formula is C9H16ClNO. The molecule has 0 bridgehead atoms. The van der Waals surface area contributed by atoms with E-state index >= 15 is 0 Å². The Morgan fingerprint density at radius 1 is 1.33 bits per heavy atom. The molecule has 2 nitrogen and oxygen atoms in total. The van der Waals surface area contributed by atoms with Crippen molar-refractivity contribution < 1.29 is 5.21 Å². The maximum atomic E-state index is 8.50. The van der Waals surface area contributed by atoms with E-state index in [0.29, 0.717) is 17.0 Å². The van der Waals surface area contributed by atoms with Crippen LogP contribution in [0, 0.1) is 17.8 Å². The molecule has 1 aliphatic carbocycles. The van der Waals surface area contributed by atoms with Gasteiger partial charge in [-0.2, -0.15) is 0 Å². The second-order valence-electron chi connectivity index (χ2n) is 3.89. The molecule has 1 rings (SSSR count). The van der Waals surface area contributed by atoms with E-state index in [2.05, 4.69) is 19.0 Å². The lowest BCUT2D eigenvalue weighted by molar-refractivity contribution is 0.241. The molecule has 0 amide bonds. The summed E-state index contributed by atoms with van der Waals surface area (Å²) in [4.78, 5) is 0. The van der Waals surface area contributed by atoms with Crippen LogP contribution in [-0.4, -0.2) is 10.4 Å². The van der Waals surface area contributed by atoms with Crippen LogP contribution in [0.3, 0.4) is 0 Å². The van der Waals surface area contributed by atoms with Gasteiger partial charge in [0.2, 0.25) is 0 Å². The summed E-state index contributed by atoms with van der Waals surface area (Å²) in [5, 5.41) is 11.9. The smallest absolute Gasteiger partial charge is 0.148 e. The number of hydrogen-bond donors (Lipinski definition) is 1. The molecule has 0 spiro atoms. The van der Waals surface area contributed by atoms with E-state index in [4.69, 9.17) is 16.8 Å². The monoisotopic (exact) mass is 189 g/mol. The maximum Gasteiger partial charge on any atom is 0.148 e. The number of halogens is 1. The normalized spacial score (nSPS) is 38.2. The number of hydrogen-bond acceptors (Lipinski definition) is 2. The third-order valence-electron chi connectivity index (χ3n) is 3.03. The fourth-order valence-electron chi connectivity index (χ4n) is 1.85. The highest BCUT2D eigenvalue weighted by molar-refractivity contribution is 6.65. The van der Waals surface area contributed by atoms with Crippen molar-refractivity contribution in [2.24, 2.45) is 22.9 Å². The molecule has 3 unspecified atom stereocenters. The number of nitrogens with zero attached hydrogens (tertiary/aromatic N) is 1. The van der Waals surface area contributed by atoms with Crippen molar-refractivity contribution in [1.82, 2.24) is 0 Å². The highest BCUT2D eigenvalue weighted by atomic mass is 35.5. The Bertz CT molecular complexity index is 181. The van der Waals surface area contributed by atoms with Gasteiger partial charge in [0.15, 0.2) is 0 Å². The molecule has 3 heteroatoms. The van der Waals surface area contributed by atoms with E-state index in [1.807, 2.05) is 0 Å². The van der Waals surface area contributed by atoms with E-state index in [0.717, 1.165) is 18.8 Å². The number of rotatable bonds is 1. The molecule has 70 valence electrons. The van der Waals surface area contributed by atoms with Gasteiger partial charge in [-0.05, 0) is 31.1 Å². The largest absolute Gasteiger partial charge is 0.410 e. The fraction of sp³-hybridized carbons (Fsp3) is 0.889. The Kier molecular flexibility index (Phi) is 3.39. The zero-order valence-electron chi connectivity index (χ0n) is 7.63. The summed E-state index contributed by atoms with van der Waals surface area (Å²) in [5.74, 6) is 1.77. The van der Waals surface area contributed by atoms with Crippen LogP contribution < -0.4 is 0 Å². The highest BCUT2D eigenvalue weighted by Gasteiger charge is 2.27. The molecule has 1 fully saturated rings. The first-order valence-electron chi connectivity index (χ1n) is 4.52. The Morgan fingerprint density at radius 2 is 2.00 bits per heavy atom. The Hall–Kier alpha value is -0.240.